The van der Waals surface area contributed by atoms with Gasteiger partial charge in [-0.05, 0) is 0 Å². The molecule has 0 amide bonds. The smallest absolute Gasteiger partial charge is 0.187 e. The molecule has 23 N–H and O–H groups in total. The first-order valence-corrected chi connectivity index (χ1v) is 24.6. The number of aliphatic hydroxyl groups excluding tert-OH is 23. The maximum Gasteiger partial charge on any atom is 0.187 e. The van der Waals surface area contributed by atoms with E-state index < -0.39 is 261 Å². The topological polar surface area (TPSA) is 585 Å². The molecule has 0 aromatic heterocycles. The zero-order valence-electron chi connectivity index (χ0n) is 40.8. The average Bonchev–Trinajstić information content (AvgIpc) is 3.52. The van der Waals surface area contributed by atoms with Gasteiger partial charge in [0.2, 0.25) is 0 Å². The molecule has 0 aliphatic carbocycles. The van der Waals surface area contributed by atoms with E-state index in [9.17, 15) is 117 Å². The van der Waals surface area contributed by atoms with Crippen LogP contribution in [0.25, 0.3) is 0 Å². The quantitative estimate of drug-likeness (QED) is 0.0571. The maximum atomic E-state index is 11.5. The van der Waals surface area contributed by atoms with Crippen LogP contribution in [0.4, 0.5) is 0 Å². The third-order valence-corrected chi connectivity index (χ3v) is 14.5. The number of hydrogen-bond donors (Lipinski definition) is 23. The summed E-state index contributed by atoms with van der Waals surface area (Å²) in [7, 11) is 0. The molecule has 7 aliphatic heterocycles. The zero-order chi connectivity index (χ0) is 57.3. The Bertz CT molecular complexity index is 1820. The molecule has 7 saturated heterocycles. The van der Waals surface area contributed by atoms with Gasteiger partial charge >= 0.3 is 0 Å². The molecule has 0 spiro atoms. The normalized spacial score (nSPS) is 53.5. The lowest BCUT2D eigenvalue weighted by Gasteiger charge is -2.47. The molecular weight excluding hydrogens is 1080 g/mol. The summed E-state index contributed by atoms with van der Waals surface area (Å²) < 4.78 is 71.8. The third-order valence-electron chi connectivity index (χ3n) is 14.5. The van der Waals surface area contributed by atoms with Crippen LogP contribution < -0.4 is 0 Å². The highest BCUT2D eigenvalue weighted by molar-refractivity contribution is 4.98. The first kappa shape index (κ1) is 64.1. The van der Waals surface area contributed by atoms with Crippen molar-refractivity contribution in [2.45, 2.75) is 215 Å². The summed E-state index contributed by atoms with van der Waals surface area (Å²) in [6.07, 6.45) is -66.6. The molecule has 36 heteroatoms. The Labute approximate surface area is 439 Å². The van der Waals surface area contributed by atoms with E-state index in [1.807, 2.05) is 0 Å². The van der Waals surface area contributed by atoms with E-state index in [1.165, 1.54) is 0 Å². The standard InChI is InChI=1S/C42H72O36/c43-1-8-15(46)23(54)30(61)41(72-8)77-34-20(51)10(3-45)71-39(32(34)63)69-6-13-19(50)26(57)28(59)37(75-13)66-5-12-18(49)25(56)29(60)38(74-12)67-7-14-21(52)35(78-42-31(62)24(55)16(47)9(2-44)73-42)33(64)40(76-14)68-4-11-17(48)22(53)27(58)36(65)70-11/h8-65H,1-7H2/t8-,9-,10-,11-,12-,13-,14-,15-,16-,17-,18-,19-,20-,21-,22+,23+,24+,25+,26+,27-,28-,29-,30-,31-,32-,33-,34+,35+,36?,37-,38-,39-,40-,41+,42+/m1/s1. The monoisotopic (exact) mass is 1150 g/mol. The van der Waals surface area contributed by atoms with Gasteiger partial charge in [-0.3, -0.25) is 0 Å². The lowest BCUT2D eigenvalue weighted by atomic mass is 9.96. The predicted octanol–water partition coefficient (Wildman–Crippen LogP) is -16.3. The van der Waals surface area contributed by atoms with Gasteiger partial charge < -0.3 is 179 Å². The van der Waals surface area contributed by atoms with Crippen molar-refractivity contribution < 1.29 is 179 Å². The SMILES string of the molecule is OC[C@H]1O[C@@H](O[C@@H]2[C@@H](O)[C@H](OC[C@H]3O[C@@H](OC[C@H]4O[C@@H](OC[C@H]5O[C@@H](OC[C@H]6OC(O)[C@H](O)[C@@H](O)[C@@H]6O)[C@H](O)[C@@H](O[C@@H]6O[C@H](CO)[C@@H](O)[C@H](O)[C@H]6O)[C@@H]5O)[C@H](O)[C@@H](O)[C@@H]4O)[C@H](O)[C@@H](O)[C@@H]3O)O[C@H](CO)[C@H]2O)[C@H](O)[C@@H](O)[C@@H]1O. The molecule has 0 radical (unpaired) electrons. The van der Waals surface area contributed by atoms with Gasteiger partial charge in [-0.25, -0.2) is 0 Å². The Morgan fingerprint density at radius 3 is 0.795 bits per heavy atom. The van der Waals surface area contributed by atoms with Crippen LogP contribution in [0.1, 0.15) is 0 Å². The van der Waals surface area contributed by atoms with Crippen LogP contribution in [0.15, 0.2) is 0 Å². The van der Waals surface area contributed by atoms with Gasteiger partial charge in [0, 0.05) is 0 Å². The van der Waals surface area contributed by atoms with Crippen molar-refractivity contribution in [1.29, 1.82) is 0 Å². The molecule has 7 aliphatic rings. The minimum Gasteiger partial charge on any atom is -0.394 e. The predicted molar refractivity (Wildman–Crippen MR) is 232 cm³/mol. The van der Waals surface area contributed by atoms with Crippen molar-refractivity contribution in [2.24, 2.45) is 0 Å². The molecule has 456 valence electrons. The molecule has 0 aromatic carbocycles. The fourth-order valence-electron chi connectivity index (χ4n) is 9.57. The number of hydrogen-bond acceptors (Lipinski definition) is 36. The summed E-state index contributed by atoms with van der Waals surface area (Å²) in [5, 5.41) is 242. The van der Waals surface area contributed by atoms with E-state index in [-0.39, 0.29) is 0 Å². The minimum absolute atomic E-state index is 0.819. The third kappa shape index (κ3) is 13.5. The highest BCUT2D eigenvalue weighted by Crippen LogP contribution is 2.34. The summed E-state index contributed by atoms with van der Waals surface area (Å²) in [6, 6.07) is 0. The molecule has 78 heavy (non-hydrogen) atoms. The lowest BCUT2D eigenvalue weighted by Crippen LogP contribution is -2.65. The van der Waals surface area contributed by atoms with E-state index in [2.05, 4.69) is 0 Å². The van der Waals surface area contributed by atoms with Crippen molar-refractivity contribution in [3.8, 4) is 0 Å². The van der Waals surface area contributed by atoms with Gasteiger partial charge in [-0.15, -0.1) is 0 Å². The molecular formula is C42H72O36. The summed E-state index contributed by atoms with van der Waals surface area (Å²) in [5.74, 6) is 0. The molecule has 0 saturated carbocycles. The molecule has 35 atom stereocenters. The molecule has 7 rings (SSSR count). The average molecular weight is 1150 g/mol. The van der Waals surface area contributed by atoms with Gasteiger partial charge in [-0.2, -0.15) is 0 Å². The maximum absolute atomic E-state index is 11.5. The zero-order valence-corrected chi connectivity index (χ0v) is 40.8. The van der Waals surface area contributed by atoms with Crippen LogP contribution in [0.5, 0.6) is 0 Å². The Morgan fingerprint density at radius 1 is 0.218 bits per heavy atom. The van der Waals surface area contributed by atoms with E-state index in [4.69, 9.17) is 61.6 Å². The van der Waals surface area contributed by atoms with Gasteiger partial charge in [0.25, 0.3) is 0 Å². The summed E-state index contributed by atoms with van der Waals surface area (Å²) in [4.78, 5) is 0. The van der Waals surface area contributed by atoms with Crippen LogP contribution >= 0.6 is 0 Å². The molecule has 0 bridgehead atoms. The van der Waals surface area contributed by atoms with Gasteiger partial charge in [0.15, 0.2) is 44.0 Å². The number of ether oxygens (including phenoxy) is 13. The summed E-state index contributed by atoms with van der Waals surface area (Å²) in [6.45, 7) is -6.13. The van der Waals surface area contributed by atoms with E-state index in [0.717, 1.165) is 0 Å². The lowest BCUT2D eigenvalue weighted by molar-refractivity contribution is -0.372. The highest BCUT2D eigenvalue weighted by Gasteiger charge is 2.55. The largest absolute Gasteiger partial charge is 0.394 e. The van der Waals surface area contributed by atoms with Gasteiger partial charge in [0.1, 0.15) is 171 Å². The molecule has 7 heterocycles. The second-order valence-corrected chi connectivity index (χ2v) is 19.7. The van der Waals surface area contributed by atoms with E-state index in [0.29, 0.717) is 0 Å². The highest BCUT2D eigenvalue weighted by atomic mass is 16.8. The molecule has 0 aromatic rings. The van der Waals surface area contributed by atoms with Crippen LogP contribution in [0, 0.1) is 0 Å². The van der Waals surface area contributed by atoms with Crippen LogP contribution in [-0.4, -0.2) is 379 Å². The van der Waals surface area contributed by atoms with Crippen LogP contribution in [0.3, 0.4) is 0 Å². The fraction of sp³-hybridized carbons (Fsp3) is 1.00. The fourth-order valence-corrected chi connectivity index (χ4v) is 9.57. The van der Waals surface area contributed by atoms with Crippen molar-refractivity contribution in [3.63, 3.8) is 0 Å². The second kappa shape index (κ2) is 27.5. The summed E-state index contributed by atoms with van der Waals surface area (Å²) >= 11 is 0. The van der Waals surface area contributed by atoms with Crippen molar-refractivity contribution in [2.75, 3.05) is 46.2 Å². The van der Waals surface area contributed by atoms with Crippen molar-refractivity contribution in [1.82, 2.24) is 0 Å². The van der Waals surface area contributed by atoms with E-state index in [1.54, 1.807) is 0 Å². The molecule has 36 nitrogen and oxygen atoms in total. The van der Waals surface area contributed by atoms with Crippen LogP contribution in [0.2, 0.25) is 0 Å². The van der Waals surface area contributed by atoms with E-state index >= 15 is 0 Å². The first-order valence-electron chi connectivity index (χ1n) is 24.6. The Kier molecular flexibility index (Phi) is 22.6. The molecule has 7 fully saturated rings. The Morgan fingerprint density at radius 2 is 0.449 bits per heavy atom. The van der Waals surface area contributed by atoms with Crippen molar-refractivity contribution in [3.05, 3.63) is 0 Å². The Balaban J connectivity index is 0.986. The summed E-state index contributed by atoms with van der Waals surface area (Å²) in [5.41, 5.74) is 0. The minimum atomic E-state index is -2.11. The Hall–Kier alpha value is -1.44. The van der Waals surface area contributed by atoms with Gasteiger partial charge in [0.05, 0.1) is 46.2 Å². The van der Waals surface area contributed by atoms with Crippen LogP contribution in [-0.2, 0) is 61.6 Å². The van der Waals surface area contributed by atoms with Gasteiger partial charge in [-0.1, -0.05) is 0 Å². The second-order valence-electron chi connectivity index (χ2n) is 19.7. The number of aliphatic hydroxyl groups is 23. The first-order chi connectivity index (χ1) is 36.8. The molecule has 1 unspecified atom stereocenters. The number of rotatable bonds is 19. The van der Waals surface area contributed by atoms with Crippen molar-refractivity contribution >= 4 is 0 Å².